The summed E-state index contributed by atoms with van der Waals surface area (Å²) in [6.45, 7) is 5.74. The number of carbonyl (C=O) groups excluding carboxylic acids is 2. The van der Waals surface area contributed by atoms with E-state index in [0.717, 1.165) is 0 Å². The summed E-state index contributed by atoms with van der Waals surface area (Å²) in [5.41, 5.74) is 2.08. The average molecular weight is 576 g/mol. The topological polar surface area (TPSA) is 76.0 Å². The fraction of sp³-hybridized carbons (Fsp3) is 0.250. The summed E-state index contributed by atoms with van der Waals surface area (Å²) in [6.07, 6.45) is 0.259. The number of amides is 2. The molecule has 0 aliphatic carbocycles. The molecule has 0 aliphatic heterocycles. The molecular weight excluding hydrogens is 550 g/mol. The molecule has 1 heterocycles. The zero-order valence-corrected chi connectivity index (χ0v) is 23.5. The maximum atomic E-state index is 15.0. The van der Waals surface area contributed by atoms with Crippen LogP contribution in [0.3, 0.4) is 0 Å². The second-order valence-corrected chi connectivity index (χ2v) is 11.2. The van der Waals surface area contributed by atoms with Crippen LogP contribution in [0.5, 0.6) is 0 Å². The monoisotopic (exact) mass is 574 g/mol. The highest BCUT2D eigenvalue weighted by Gasteiger charge is 2.22. The Morgan fingerprint density at radius 3 is 2.47 bits per heavy atom. The molecule has 0 aliphatic rings. The third kappa shape index (κ3) is 5.96. The number of hydrogen-bond acceptors (Lipinski definition) is 3. The summed E-state index contributed by atoms with van der Waals surface area (Å²) in [5, 5.41) is 6.86. The fourth-order valence-corrected chi connectivity index (χ4v) is 4.66. The molecule has 4 aromatic rings. The first-order valence-corrected chi connectivity index (χ1v) is 12.9. The van der Waals surface area contributed by atoms with Crippen LogP contribution in [0.25, 0.3) is 11.0 Å². The van der Waals surface area contributed by atoms with Gasteiger partial charge in [0.15, 0.2) is 0 Å². The first-order chi connectivity index (χ1) is 17.8. The summed E-state index contributed by atoms with van der Waals surface area (Å²) >= 11 is 19.2. The zero-order chi connectivity index (χ0) is 27.8. The van der Waals surface area contributed by atoms with Gasteiger partial charge in [0.05, 0.1) is 21.6 Å². The molecular formula is C28H26Cl3FN4O2. The number of fused-ring (bicyclic) bond motifs is 1. The van der Waals surface area contributed by atoms with Crippen LogP contribution in [-0.2, 0) is 24.8 Å². The maximum Gasteiger partial charge on any atom is 0.258 e. The van der Waals surface area contributed by atoms with Gasteiger partial charge in [0, 0.05) is 47.2 Å². The van der Waals surface area contributed by atoms with Gasteiger partial charge in [0.1, 0.15) is 11.6 Å². The van der Waals surface area contributed by atoms with Crippen molar-refractivity contribution >= 4 is 63.3 Å². The van der Waals surface area contributed by atoms with E-state index in [1.807, 2.05) is 20.8 Å². The van der Waals surface area contributed by atoms with E-state index in [0.29, 0.717) is 48.7 Å². The first kappa shape index (κ1) is 27.9. The Kier molecular flexibility index (Phi) is 8.02. The van der Waals surface area contributed by atoms with E-state index in [9.17, 15) is 14.0 Å². The first-order valence-electron chi connectivity index (χ1n) is 11.8. The van der Waals surface area contributed by atoms with E-state index in [4.69, 9.17) is 34.8 Å². The summed E-state index contributed by atoms with van der Waals surface area (Å²) in [7, 11) is 1.75. The third-order valence-corrected chi connectivity index (χ3v) is 7.17. The molecule has 10 heteroatoms. The number of hydrogen-bond donors (Lipinski definition) is 2. The van der Waals surface area contributed by atoms with Gasteiger partial charge in [0.2, 0.25) is 5.91 Å². The van der Waals surface area contributed by atoms with Crippen LogP contribution in [-0.4, -0.2) is 21.4 Å². The van der Waals surface area contributed by atoms with E-state index in [-0.39, 0.29) is 24.4 Å². The van der Waals surface area contributed by atoms with Crippen LogP contribution in [0.2, 0.25) is 15.1 Å². The van der Waals surface area contributed by atoms with Crippen LogP contribution in [0.15, 0.2) is 48.5 Å². The molecule has 2 amide bonds. The molecule has 2 N–H and O–H groups in total. The third-order valence-electron chi connectivity index (χ3n) is 6.11. The Labute approximate surface area is 235 Å². The second kappa shape index (κ2) is 10.9. The normalized spacial score (nSPS) is 11.6. The Bertz CT molecular complexity index is 1560. The molecule has 0 unspecified atom stereocenters. The van der Waals surface area contributed by atoms with Gasteiger partial charge >= 0.3 is 0 Å². The van der Waals surface area contributed by atoms with Gasteiger partial charge in [-0.2, -0.15) is 0 Å². The molecule has 0 fully saturated rings. The second-order valence-electron chi connectivity index (χ2n) is 9.98. The molecule has 1 aromatic heterocycles. The van der Waals surface area contributed by atoms with Gasteiger partial charge in [-0.1, -0.05) is 67.7 Å². The summed E-state index contributed by atoms with van der Waals surface area (Å²) in [6, 6.07) is 12.8. The quantitative estimate of drug-likeness (QED) is 0.256. The van der Waals surface area contributed by atoms with Crippen molar-refractivity contribution in [3.63, 3.8) is 0 Å². The Morgan fingerprint density at radius 2 is 1.79 bits per heavy atom. The highest BCUT2D eigenvalue weighted by molar-refractivity contribution is 6.36. The van der Waals surface area contributed by atoms with Crippen molar-refractivity contribution in [1.29, 1.82) is 0 Å². The molecule has 0 spiro atoms. The molecule has 0 bridgehead atoms. The number of benzene rings is 3. The molecule has 4 rings (SSSR count). The standard InChI is InChI=1S/C28H26Cl3FN4O2/c1-28(2,3)27(38)33-14-15-8-9-20(30)18(25(15)31)12-24-35-22-11-19(21(32)13-23(22)36(24)4)26(37)34-17-7-5-6-16(29)10-17/h5-11,13H,12,14H2,1-4H3,(H,33,38)(H,34,37). The number of aryl methyl sites for hydroxylation is 1. The van der Waals surface area contributed by atoms with Gasteiger partial charge in [-0.15, -0.1) is 0 Å². The molecule has 0 atom stereocenters. The summed E-state index contributed by atoms with van der Waals surface area (Å²) in [5.74, 6) is -0.821. The highest BCUT2D eigenvalue weighted by atomic mass is 35.5. The largest absolute Gasteiger partial charge is 0.352 e. The molecule has 6 nitrogen and oxygen atoms in total. The minimum Gasteiger partial charge on any atom is -0.352 e. The summed E-state index contributed by atoms with van der Waals surface area (Å²) < 4.78 is 16.7. The van der Waals surface area contributed by atoms with Crippen molar-refractivity contribution in [2.45, 2.75) is 33.7 Å². The molecule has 198 valence electrons. The van der Waals surface area contributed by atoms with Crippen molar-refractivity contribution in [2.24, 2.45) is 12.5 Å². The lowest BCUT2D eigenvalue weighted by Crippen LogP contribution is -2.34. The number of imidazole rings is 1. The van der Waals surface area contributed by atoms with Crippen LogP contribution in [0, 0.1) is 11.2 Å². The number of nitrogens with one attached hydrogen (secondary N) is 2. The molecule has 0 radical (unpaired) electrons. The van der Waals surface area contributed by atoms with Crippen molar-refractivity contribution in [2.75, 3.05) is 5.32 Å². The maximum absolute atomic E-state index is 15.0. The molecule has 0 saturated carbocycles. The lowest BCUT2D eigenvalue weighted by Gasteiger charge is -2.18. The lowest BCUT2D eigenvalue weighted by atomic mass is 9.95. The number of anilines is 1. The van der Waals surface area contributed by atoms with E-state index in [1.54, 1.807) is 48.0 Å². The number of aromatic nitrogens is 2. The molecule has 0 saturated heterocycles. The minimum atomic E-state index is -0.681. The zero-order valence-electron chi connectivity index (χ0n) is 21.3. The number of rotatable bonds is 6. The van der Waals surface area contributed by atoms with Crippen molar-refractivity contribution in [1.82, 2.24) is 14.9 Å². The molecule has 38 heavy (non-hydrogen) atoms. The van der Waals surface area contributed by atoms with Crippen LogP contribution in [0.1, 0.15) is 48.1 Å². The smallest absolute Gasteiger partial charge is 0.258 e. The Morgan fingerprint density at radius 1 is 1.05 bits per heavy atom. The van der Waals surface area contributed by atoms with E-state index >= 15 is 0 Å². The fourth-order valence-electron chi connectivity index (χ4n) is 3.90. The van der Waals surface area contributed by atoms with Gasteiger partial charge in [-0.3, -0.25) is 9.59 Å². The van der Waals surface area contributed by atoms with Crippen molar-refractivity contribution < 1.29 is 14.0 Å². The Balaban J connectivity index is 1.62. The van der Waals surface area contributed by atoms with Crippen LogP contribution >= 0.6 is 34.8 Å². The Hall–Kier alpha value is -3.13. The van der Waals surface area contributed by atoms with Gasteiger partial charge in [-0.25, -0.2) is 9.37 Å². The van der Waals surface area contributed by atoms with Gasteiger partial charge in [0.25, 0.3) is 5.91 Å². The van der Waals surface area contributed by atoms with Gasteiger partial charge < -0.3 is 15.2 Å². The van der Waals surface area contributed by atoms with Gasteiger partial charge in [-0.05, 0) is 41.5 Å². The summed E-state index contributed by atoms with van der Waals surface area (Å²) in [4.78, 5) is 29.7. The predicted octanol–water partition coefficient (Wildman–Crippen LogP) is 7.18. The van der Waals surface area contributed by atoms with Crippen molar-refractivity contribution in [3.8, 4) is 0 Å². The van der Waals surface area contributed by atoms with Crippen LogP contribution in [0.4, 0.5) is 10.1 Å². The number of carbonyl (C=O) groups is 2. The SMILES string of the molecule is Cn1c(Cc2c(Cl)ccc(CNC(=O)C(C)(C)C)c2Cl)nc2cc(C(=O)Nc3cccc(Cl)c3)c(F)cc21. The van der Waals surface area contributed by atoms with Crippen LogP contribution < -0.4 is 10.6 Å². The predicted molar refractivity (Wildman–Crippen MR) is 151 cm³/mol. The lowest BCUT2D eigenvalue weighted by molar-refractivity contribution is -0.128. The number of halogens is 4. The number of nitrogens with zero attached hydrogens (tertiary/aromatic N) is 2. The average Bonchev–Trinajstić information content (AvgIpc) is 3.14. The van der Waals surface area contributed by atoms with E-state index in [1.165, 1.54) is 12.1 Å². The van der Waals surface area contributed by atoms with E-state index < -0.39 is 17.1 Å². The minimum absolute atomic E-state index is 0.0994. The highest BCUT2D eigenvalue weighted by Crippen LogP contribution is 2.32. The van der Waals surface area contributed by atoms with Crippen molar-refractivity contribution in [3.05, 3.63) is 91.9 Å². The molecule has 3 aromatic carbocycles. The van der Waals surface area contributed by atoms with E-state index in [2.05, 4.69) is 15.6 Å².